The Morgan fingerprint density at radius 1 is 1.07 bits per heavy atom. The number of amides is 4. The predicted molar refractivity (Wildman–Crippen MR) is 157 cm³/mol. The van der Waals surface area contributed by atoms with Crippen molar-refractivity contribution in [2.24, 2.45) is 0 Å². The molecule has 3 aromatic heterocycles. The summed E-state index contributed by atoms with van der Waals surface area (Å²) in [5.74, 6) is -0.564. The number of carbonyl (C=O) groups excluding carboxylic acids is 3. The van der Waals surface area contributed by atoms with Gasteiger partial charge in [0.15, 0.2) is 0 Å². The van der Waals surface area contributed by atoms with E-state index in [0.29, 0.717) is 17.0 Å². The number of urea groups is 1. The Morgan fingerprint density at radius 3 is 2.83 bits per heavy atom. The largest absolute Gasteiger partial charge is 0.360 e. The van der Waals surface area contributed by atoms with Crippen LogP contribution in [-0.4, -0.2) is 56.2 Å². The van der Waals surface area contributed by atoms with Gasteiger partial charge < -0.3 is 20.0 Å². The number of fused-ring (bicyclic) bond motifs is 2. The highest BCUT2D eigenvalue weighted by atomic mass is 35.5. The number of carbonyl (C=O) groups is 3. The lowest BCUT2D eigenvalue weighted by atomic mass is 10.00. The standard InChI is InChI=1S/C31H29ClN6O3/c1-19-8-9-21(15-20(19)10-11-23-18-34-27-7-2-3-13-37(23)27)29(39)33-12-14-38-30(40)26(36-31(38)41)16-22-17-35-28-24(22)5-4-6-25(28)32/h2-9,13,15,17-18,26,35H,10-12,14,16H2,1H3,(H,33,39)(H,36,41). The average molecular weight is 569 g/mol. The number of para-hydroxylation sites is 1. The number of H-pyrrole nitrogens is 1. The predicted octanol–water partition coefficient (Wildman–Crippen LogP) is 4.46. The number of rotatable bonds is 9. The maximum absolute atomic E-state index is 13.0. The first-order valence-electron chi connectivity index (χ1n) is 13.5. The molecule has 9 nitrogen and oxygen atoms in total. The van der Waals surface area contributed by atoms with E-state index in [1.807, 2.05) is 68.0 Å². The summed E-state index contributed by atoms with van der Waals surface area (Å²) in [7, 11) is 0. The van der Waals surface area contributed by atoms with E-state index in [1.54, 1.807) is 12.1 Å². The fraction of sp³-hybridized carbons (Fsp3) is 0.226. The van der Waals surface area contributed by atoms with Crippen molar-refractivity contribution in [3.05, 3.63) is 106 Å². The lowest BCUT2D eigenvalue weighted by molar-refractivity contribution is -0.127. The zero-order valence-electron chi connectivity index (χ0n) is 22.5. The van der Waals surface area contributed by atoms with Crippen molar-refractivity contribution in [1.29, 1.82) is 0 Å². The van der Waals surface area contributed by atoms with Gasteiger partial charge in [-0.1, -0.05) is 35.9 Å². The molecule has 0 aliphatic carbocycles. The molecule has 41 heavy (non-hydrogen) atoms. The van der Waals surface area contributed by atoms with E-state index in [1.165, 1.54) is 0 Å². The molecule has 1 saturated heterocycles. The molecule has 1 aliphatic rings. The quantitative estimate of drug-likeness (QED) is 0.228. The maximum atomic E-state index is 13.0. The van der Waals surface area contributed by atoms with E-state index < -0.39 is 12.1 Å². The van der Waals surface area contributed by atoms with Gasteiger partial charge in [-0.3, -0.25) is 14.5 Å². The van der Waals surface area contributed by atoms with E-state index in [0.717, 1.165) is 56.7 Å². The summed E-state index contributed by atoms with van der Waals surface area (Å²) >= 11 is 6.25. The number of aromatic amines is 1. The SMILES string of the molecule is Cc1ccc(C(=O)NCCN2C(=O)NC(Cc3c[nH]c4c(Cl)cccc34)C2=O)cc1CCc1cnc2ccccn12. The Morgan fingerprint density at radius 2 is 1.95 bits per heavy atom. The number of halogens is 1. The highest BCUT2D eigenvalue weighted by molar-refractivity contribution is 6.35. The normalized spacial score (nSPS) is 15.2. The molecule has 3 N–H and O–H groups in total. The van der Waals surface area contributed by atoms with Crippen LogP contribution in [0, 0.1) is 6.92 Å². The molecule has 208 valence electrons. The fourth-order valence-corrected chi connectivity index (χ4v) is 5.62. The van der Waals surface area contributed by atoms with Crippen LogP contribution in [0.25, 0.3) is 16.6 Å². The number of imide groups is 1. The van der Waals surface area contributed by atoms with E-state index in [-0.39, 0.29) is 24.9 Å². The highest BCUT2D eigenvalue weighted by Gasteiger charge is 2.38. The van der Waals surface area contributed by atoms with Gasteiger partial charge in [-0.15, -0.1) is 0 Å². The monoisotopic (exact) mass is 568 g/mol. The van der Waals surface area contributed by atoms with Crippen LogP contribution in [0.4, 0.5) is 4.79 Å². The second-order valence-electron chi connectivity index (χ2n) is 10.2. The topological polar surface area (TPSA) is 112 Å². The Hall–Kier alpha value is -4.63. The summed E-state index contributed by atoms with van der Waals surface area (Å²) in [5, 5.41) is 7.13. The summed E-state index contributed by atoms with van der Waals surface area (Å²) in [5.41, 5.74) is 6.44. The van der Waals surface area contributed by atoms with Crippen LogP contribution in [0.2, 0.25) is 5.02 Å². The summed E-state index contributed by atoms with van der Waals surface area (Å²) in [6.07, 6.45) is 7.59. The third kappa shape index (κ3) is 5.28. The molecule has 0 saturated carbocycles. The molecule has 0 bridgehead atoms. The Labute approximate surface area is 241 Å². The second kappa shape index (κ2) is 11.1. The van der Waals surface area contributed by atoms with Gasteiger partial charge in [-0.25, -0.2) is 9.78 Å². The number of nitrogens with one attached hydrogen (secondary N) is 3. The minimum absolute atomic E-state index is 0.0830. The molecule has 4 amide bonds. The smallest absolute Gasteiger partial charge is 0.324 e. The lowest BCUT2D eigenvalue weighted by Gasteiger charge is -2.14. The molecule has 4 heterocycles. The molecule has 1 atom stereocenters. The Balaban J connectivity index is 1.04. The van der Waals surface area contributed by atoms with Gasteiger partial charge in [0.05, 0.1) is 10.5 Å². The molecule has 1 aliphatic heterocycles. The van der Waals surface area contributed by atoms with Gasteiger partial charge >= 0.3 is 6.03 Å². The number of benzene rings is 2. The fourth-order valence-electron chi connectivity index (χ4n) is 5.39. The Kier molecular flexibility index (Phi) is 7.19. The van der Waals surface area contributed by atoms with Crippen LogP contribution in [0.1, 0.15) is 32.7 Å². The van der Waals surface area contributed by atoms with E-state index in [9.17, 15) is 14.4 Å². The van der Waals surface area contributed by atoms with Gasteiger partial charge in [0, 0.05) is 54.7 Å². The minimum atomic E-state index is -0.677. The number of nitrogens with zero attached hydrogens (tertiary/aromatic N) is 3. The minimum Gasteiger partial charge on any atom is -0.360 e. The van der Waals surface area contributed by atoms with Crippen molar-refractivity contribution in [2.45, 2.75) is 32.2 Å². The first kappa shape index (κ1) is 26.6. The zero-order chi connectivity index (χ0) is 28.5. The third-order valence-corrected chi connectivity index (χ3v) is 7.97. The number of imidazole rings is 1. The van der Waals surface area contributed by atoms with Crippen molar-refractivity contribution in [3.63, 3.8) is 0 Å². The molecule has 5 aromatic rings. The molecular weight excluding hydrogens is 540 g/mol. The molecule has 1 unspecified atom stereocenters. The molecular formula is C31H29ClN6O3. The number of aryl methyl sites for hydroxylation is 3. The van der Waals surface area contributed by atoms with Crippen LogP contribution in [0.5, 0.6) is 0 Å². The van der Waals surface area contributed by atoms with Gasteiger partial charge in [-0.2, -0.15) is 0 Å². The van der Waals surface area contributed by atoms with Crippen molar-refractivity contribution in [2.75, 3.05) is 13.1 Å². The van der Waals surface area contributed by atoms with Crippen LogP contribution in [0.15, 0.2) is 73.2 Å². The van der Waals surface area contributed by atoms with E-state index in [2.05, 4.69) is 25.0 Å². The third-order valence-electron chi connectivity index (χ3n) is 7.66. The van der Waals surface area contributed by atoms with E-state index >= 15 is 0 Å². The first-order valence-corrected chi connectivity index (χ1v) is 13.9. The summed E-state index contributed by atoms with van der Waals surface area (Å²) in [4.78, 5) is 47.3. The van der Waals surface area contributed by atoms with E-state index in [4.69, 9.17) is 11.6 Å². The van der Waals surface area contributed by atoms with Crippen molar-refractivity contribution in [3.8, 4) is 0 Å². The van der Waals surface area contributed by atoms with Gasteiger partial charge in [-0.05, 0) is 66.8 Å². The van der Waals surface area contributed by atoms with Gasteiger partial charge in [0.25, 0.3) is 11.8 Å². The summed E-state index contributed by atoms with van der Waals surface area (Å²) in [6, 6.07) is 16.0. The first-order chi connectivity index (χ1) is 19.9. The number of pyridine rings is 1. The van der Waals surface area contributed by atoms with Gasteiger partial charge in [0.2, 0.25) is 0 Å². The lowest BCUT2D eigenvalue weighted by Crippen LogP contribution is -2.39. The molecule has 1 fully saturated rings. The van der Waals surface area contributed by atoms with Crippen LogP contribution < -0.4 is 10.6 Å². The van der Waals surface area contributed by atoms with Crippen molar-refractivity contribution < 1.29 is 14.4 Å². The number of hydrogen-bond donors (Lipinski definition) is 3. The molecule has 2 aromatic carbocycles. The molecule has 10 heteroatoms. The maximum Gasteiger partial charge on any atom is 0.324 e. The van der Waals surface area contributed by atoms with Gasteiger partial charge in [0.1, 0.15) is 11.7 Å². The van der Waals surface area contributed by atoms with Crippen molar-refractivity contribution in [1.82, 2.24) is 29.9 Å². The van der Waals surface area contributed by atoms with Crippen LogP contribution in [0.3, 0.4) is 0 Å². The molecule has 6 rings (SSSR count). The number of hydrogen-bond acceptors (Lipinski definition) is 4. The molecule has 0 spiro atoms. The second-order valence-corrected chi connectivity index (χ2v) is 10.7. The van der Waals surface area contributed by atoms with Crippen molar-refractivity contribution >= 4 is 46.0 Å². The molecule has 0 radical (unpaired) electrons. The van der Waals surface area contributed by atoms with Crippen LogP contribution >= 0.6 is 11.6 Å². The zero-order valence-corrected chi connectivity index (χ0v) is 23.2. The average Bonchev–Trinajstić information content (AvgIpc) is 3.65. The van der Waals surface area contributed by atoms with Crippen LogP contribution in [-0.2, 0) is 24.1 Å². The highest BCUT2D eigenvalue weighted by Crippen LogP contribution is 2.26. The summed E-state index contributed by atoms with van der Waals surface area (Å²) < 4.78 is 2.07. The summed E-state index contributed by atoms with van der Waals surface area (Å²) in [6.45, 7) is 2.27. The Bertz CT molecular complexity index is 1790. The number of aromatic nitrogens is 3.